The third kappa shape index (κ3) is 7.32. The first-order valence-corrected chi connectivity index (χ1v) is 19.3. The number of benzene rings is 2. The summed E-state index contributed by atoms with van der Waals surface area (Å²) < 4.78 is 28.0. The molecule has 1 unspecified atom stereocenters. The third-order valence-electron chi connectivity index (χ3n) is 11.2. The monoisotopic (exact) mass is 700 g/mol. The van der Waals surface area contributed by atoms with E-state index < -0.39 is 9.84 Å². The Bertz CT molecular complexity index is 1710. The quantitative estimate of drug-likeness (QED) is 0.223. The molecule has 6 rings (SSSR count). The zero-order valence-electron chi connectivity index (χ0n) is 29.5. The van der Waals surface area contributed by atoms with Crippen LogP contribution in [0.4, 0.5) is 10.5 Å². The van der Waals surface area contributed by atoms with Gasteiger partial charge >= 0.3 is 6.03 Å². The lowest BCUT2D eigenvalue weighted by atomic mass is 9.58. The molecule has 50 heavy (non-hydrogen) atoms. The summed E-state index contributed by atoms with van der Waals surface area (Å²) in [5, 5.41) is 13.6. The smallest absolute Gasteiger partial charge is 0.317 e. The minimum absolute atomic E-state index is 0.0181. The van der Waals surface area contributed by atoms with Crippen molar-refractivity contribution in [2.75, 3.05) is 58.8 Å². The van der Waals surface area contributed by atoms with Crippen LogP contribution < -0.4 is 15.5 Å². The van der Waals surface area contributed by atoms with Gasteiger partial charge in [-0.1, -0.05) is 36.8 Å². The van der Waals surface area contributed by atoms with Crippen LogP contribution in [0.5, 0.6) is 0 Å². The fourth-order valence-corrected chi connectivity index (χ4v) is 9.96. The van der Waals surface area contributed by atoms with E-state index in [9.17, 15) is 13.2 Å². The van der Waals surface area contributed by atoms with Gasteiger partial charge in [-0.05, 0) is 80.4 Å². The topological polar surface area (TPSA) is 127 Å². The summed E-state index contributed by atoms with van der Waals surface area (Å²) in [6, 6.07) is 18.2. The molecule has 3 atom stereocenters. The molecular weight excluding hydrogens is 649 g/mol. The number of allylic oxidation sites excluding steroid dienone is 1. The number of piperidine rings is 1. The first-order valence-electron chi connectivity index (χ1n) is 17.8. The van der Waals surface area contributed by atoms with E-state index in [0.29, 0.717) is 17.8 Å². The molecule has 2 amide bonds. The Morgan fingerprint density at radius 2 is 1.76 bits per heavy atom. The number of rotatable bonds is 13. The number of nitrogens with zero attached hydrogens (tertiary/aromatic N) is 5. The number of hydrogen-bond donors (Lipinski definition) is 3. The van der Waals surface area contributed by atoms with Crippen molar-refractivity contribution in [2.24, 2.45) is 17.8 Å². The van der Waals surface area contributed by atoms with Gasteiger partial charge in [0.15, 0.2) is 0 Å². The van der Waals surface area contributed by atoms with Crippen LogP contribution in [0.3, 0.4) is 0 Å². The minimum Gasteiger partial charge on any atom is -0.393 e. The number of hydrogen-bond acceptors (Lipinski definition) is 8. The molecule has 1 aromatic heterocycles. The van der Waals surface area contributed by atoms with Crippen LogP contribution in [0.15, 0.2) is 89.3 Å². The highest BCUT2D eigenvalue weighted by atomic mass is 32.2. The number of amides is 2. The van der Waals surface area contributed by atoms with Gasteiger partial charge < -0.3 is 35.3 Å². The minimum atomic E-state index is -3.73. The van der Waals surface area contributed by atoms with Crippen molar-refractivity contribution in [3.05, 3.63) is 90.0 Å². The third-order valence-corrected chi connectivity index (χ3v) is 13.0. The lowest BCUT2D eigenvalue weighted by molar-refractivity contribution is 0.0561. The number of anilines is 1. The summed E-state index contributed by atoms with van der Waals surface area (Å²) in [6.07, 6.45) is 13.5. The second-order valence-electron chi connectivity index (χ2n) is 14.5. The van der Waals surface area contributed by atoms with E-state index in [4.69, 9.17) is 5.41 Å². The number of nitrogens with one attached hydrogen (secondary N) is 3. The van der Waals surface area contributed by atoms with Gasteiger partial charge in [-0.25, -0.2) is 18.2 Å². The highest BCUT2D eigenvalue weighted by Crippen LogP contribution is 2.51. The van der Waals surface area contributed by atoms with Crippen LogP contribution in [0, 0.1) is 23.2 Å². The summed E-state index contributed by atoms with van der Waals surface area (Å²) in [5.41, 5.74) is 2.24. The van der Waals surface area contributed by atoms with Gasteiger partial charge in [0, 0.05) is 95.2 Å². The summed E-state index contributed by atoms with van der Waals surface area (Å²) in [5.74, 6) is 1.32. The molecule has 1 aliphatic carbocycles. The van der Waals surface area contributed by atoms with Gasteiger partial charge in [-0.2, -0.15) is 0 Å². The average Bonchev–Trinajstić information content (AvgIpc) is 3.81. The van der Waals surface area contributed by atoms with E-state index in [0.717, 1.165) is 83.3 Å². The van der Waals surface area contributed by atoms with Crippen LogP contribution >= 0.6 is 0 Å². The molecule has 0 radical (unpaired) electrons. The van der Waals surface area contributed by atoms with E-state index in [2.05, 4.69) is 66.5 Å². The molecule has 3 aliphatic rings. The van der Waals surface area contributed by atoms with Gasteiger partial charge in [0.1, 0.15) is 4.91 Å². The highest BCUT2D eigenvalue weighted by molar-refractivity contribution is 7.96. The Morgan fingerprint density at radius 3 is 2.38 bits per heavy atom. The number of sulfone groups is 1. The maximum atomic E-state index is 13.0. The molecular formula is C38H52N8O3S. The zero-order valence-corrected chi connectivity index (χ0v) is 30.4. The van der Waals surface area contributed by atoms with E-state index >= 15 is 0 Å². The lowest BCUT2D eigenvalue weighted by Gasteiger charge is -2.51. The van der Waals surface area contributed by atoms with Crippen molar-refractivity contribution in [1.82, 2.24) is 30.0 Å². The molecule has 0 spiro atoms. The molecule has 2 aromatic carbocycles. The molecule has 2 saturated heterocycles. The molecule has 11 nitrogen and oxygen atoms in total. The van der Waals surface area contributed by atoms with Crippen molar-refractivity contribution in [2.45, 2.75) is 55.0 Å². The summed E-state index contributed by atoms with van der Waals surface area (Å²) in [4.78, 5) is 24.1. The predicted molar refractivity (Wildman–Crippen MR) is 198 cm³/mol. The molecule has 0 bridgehead atoms. The molecule has 3 fully saturated rings. The van der Waals surface area contributed by atoms with Crippen LogP contribution in [0.25, 0.3) is 0 Å². The van der Waals surface area contributed by atoms with Crippen LogP contribution in [0.2, 0.25) is 0 Å². The van der Waals surface area contributed by atoms with Gasteiger partial charge in [0.2, 0.25) is 9.84 Å². The fourth-order valence-electron chi connectivity index (χ4n) is 8.76. The fraction of sp³-hybridized carbons (Fsp3) is 0.500. The van der Waals surface area contributed by atoms with Crippen LogP contribution in [-0.2, 0) is 21.8 Å². The molecule has 3 heterocycles. The normalized spacial score (nSPS) is 22.1. The van der Waals surface area contributed by atoms with Crippen molar-refractivity contribution < 1.29 is 13.2 Å². The SMILES string of the molecule is CN/C=C(\C=N)S(=O)(=O)c1ccc(N2CC(CN3CCC(C(Cn4ccnc4)(c4ccccc4)[C@H]4CCC[C@@H]4NC(=O)N(C)C)CC3)C2)cc1. The first-order chi connectivity index (χ1) is 24.1. The van der Waals surface area contributed by atoms with E-state index in [1.807, 2.05) is 38.8 Å². The summed E-state index contributed by atoms with van der Waals surface area (Å²) in [7, 11) is 1.51. The number of likely N-dealkylation sites (tertiary alicyclic amines) is 1. The van der Waals surface area contributed by atoms with Gasteiger partial charge in [-0.15, -0.1) is 0 Å². The zero-order chi connectivity index (χ0) is 35.3. The number of urea groups is 1. The Hall–Kier alpha value is -4.16. The van der Waals surface area contributed by atoms with Gasteiger partial charge in [0.05, 0.1) is 11.2 Å². The highest BCUT2D eigenvalue weighted by Gasteiger charge is 2.52. The predicted octanol–water partition coefficient (Wildman–Crippen LogP) is 4.59. The Labute approximate surface area is 297 Å². The van der Waals surface area contributed by atoms with Crippen molar-refractivity contribution in [1.29, 1.82) is 5.41 Å². The maximum Gasteiger partial charge on any atom is 0.317 e. The van der Waals surface area contributed by atoms with Gasteiger partial charge in [-0.3, -0.25) is 0 Å². The number of carbonyl (C=O) groups is 1. The second kappa shape index (κ2) is 15.4. The van der Waals surface area contributed by atoms with Crippen LogP contribution in [0.1, 0.15) is 37.7 Å². The summed E-state index contributed by atoms with van der Waals surface area (Å²) in [6.45, 7) is 5.87. The van der Waals surface area contributed by atoms with E-state index in [1.54, 1.807) is 24.1 Å². The van der Waals surface area contributed by atoms with Crippen molar-refractivity contribution >= 4 is 27.8 Å². The maximum absolute atomic E-state index is 13.0. The Morgan fingerprint density at radius 1 is 1.04 bits per heavy atom. The van der Waals surface area contributed by atoms with Gasteiger partial charge in [0.25, 0.3) is 0 Å². The standard InChI is InChI=1S/C38H52N8O3S/c1-40-23-34(22-39)50(48,49)33-14-12-32(13-15-33)46-25-29(26-46)24-44-19-16-31(17-20-44)38(27-45-21-18-41-28-45,30-8-5-4-6-9-30)35-10-7-11-36(35)42-37(47)43(2)3/h4-6,8-9,12-15,18,21-23,28-29,31,35-36,39-40H,7,10-11,16-17,19-20,24-27H2,1-3H3,(H,42,47)/b34-23+,39-22?/t35-,36-,38?/m0/s1. The number of aromatic nitrogens is 2. The molecule has 2 aliphatic heterocycles. The second-order valence-corrected chi connectivity index (χ2v) is 16.4. The molecule has 3 N–H and O–H groups in total. The molecule has 3 aromatic rings. The van der Waals surface area contributed by atoms with E-state index in [-0.39, 0.29) is 27.3 Å². The Kier molecular flexibility index (Phi) is 11.0. The first kappa shape index (κ1) is 35.7. The van der Waals surface area contributed by atoms with Crippen molar-refractivity contribution in [3.8, 4) is 0 Å². The molecule has 12 heteroatoms. The largest absolute Gasteiger partial charge is 0.393 e. The number of imidazole rings is 1. The Balaban J connectivity index is 1.13. The average molecular weight is 701 g/mol. The van der Waals surface area contributed by atoms with E-state index in [1.165, 1.54) is 11.8 Å². The van der Waals surface area contributed by atoms with Crippen molar-refractivity contribution in [3.63, 3.8) is 0 Å². The molecule has 268 valence electrons. The summed E-state index contributed by atoms with van der Waals surface area (Å²) >= 11 is 0. The molecule has 1 saturated carbocycles. The van der Waals surface area contributed by atoms with Crippen LogP contribution in [-0.4, -0.2) is 99.9 Å². The number of carbonyl (C=O) groups excluding carboxylic acids is 1. The lowest BCUT2D eigenvalue weighted by Crippen LogP contribution is -2.57.